The van der Waals surface area contributed by atoms with Crippen molar-refractivity contribution in [2.45, 2.75) is 24.9 Å². The summed E-state index contributed by atoms with van der Waals surface area (Å²) in [7, 11) is 0. The van der Waals surface area contributed by atoms with Gasteiger partial charge in [0.25, 0.3) is 5.91 Å². The molecule has 2 N–H and O–H groups in total. The van der Waals surface area contributed by atoms with E-state index in [1.807, 2.05) is 6.07 Å². The van der Waals surface area contributed by atoms with Crippen molar-refractivity contribution in [3.05, 3.63) is 30.3 Å². The number of nitrogens with one attached hydrogen (secondary N) is 2. The molecule has 3 unspecified atom stereocenters. The zero-order chi connectivity index (χ0) is 12.8. The number of fused-ring (bicyclic) bond motifs is 3. The summed E-state index contributed by atoms with van der Waals surface area (Å²) in [6, 6.07) is 4.50. The molecule has 0 spiro atoms. The number of furan rings is 1. The topological polar surface area (TPSA) is 67.2 Å². The Kier molecular flexibility index (Phi) is 2.35. The summed E-state index contributed by atoms with van der Waals surface area (Å²) in [4.78, 5) is 16.4. The van der Waals surface area contributed by atoms with Crippen LogP contribution in [0.5, 0.6) is 0 Å². The number of carbonyl (C=O) groups excluding carboxylic acids is 1. The smallest absolute Gasteiger partial charge is 0.270 e. The fourth-order valence-corrected chi connectivity index (χ4v) is 3.25. The van der Waals surface area contributed by atoms with Gasteiger partial charge in [-0.05, 0) is 30.9 Å². The Morgan fingerprint density at radius 3 is 3.21 bits per heavy atom. The second-order valence-electron chi connectivity index (χ2n) is 5.44. The first-order chi connectivity index (χ1) is 9.29. The Balaban J connectivity index is 1.53. The Morgan fingerprint density at radius 1 is 1.47 bits per heavy atom. The molecule has 19 heavy (non-hydrogen) atoms. The third-order valence-electron chi connectivity index (χ3n) is 4.25. The van der Waals surface area contributed by atoms with Crippen molar-refractivity contribution in [1.82, 2.24) is 15.6 Å². The zero-order valence-electron chi connectivity index (χ0n) is 10.4. The van der Waals surface area contributed by atoms with Crippen LogP contribution >= 0.6 is 0 Å². The summed E-state index contributed by atoms with van der Waals surface area (Å²) >= 11 is 0. The number of nitrogens with zero attached hydrogens (tertiary/aromatic N) is 1. The molecule has 98 valence electrons. The first kappa shape index (κ1) is 11.0. The minimum atomic E-state index is -0.0827. The maximum atomic E-state index is 12.2. The highest BCUT2D eigenvalue weighted by Gasteiger charge is 2.40. The molecule has 2 fully saturated rings. The molecule has 5 nitrogen and oxygen atoms in total. The normalized spacial score (nSPS) is 28.9. The van der Waals surface area contributed by atoms with E-state index in [0.29, 0.717) is 29.3 Å². The first-order valence-corrected chi connectivity index (χ1v) is 6.67. The Bertz CT molecular complexity index is 636. The number of hydrogen-bond donors (Lipinski definition) is 2. The van der Waals surface area contributed by atoms with Gasteiger partial charge in [-0.1, -0.05) is 0 Å². The molecule has 2 bridgehead atoms. The average molecular weight is 257 g/mol. The standard InChI is InChI=1S/C14H15N3O2/c18-14(17-11-5-10-3-9(11)6-15-10)12-4-8-1-2-19-13(8)7-16-12/h1-2,4,7,9-11,15H,3,5-6H2,(H,17,18). The van der Waals surface area contributed by atoms with Gasteiger partial charge in [-0.3, -0.25) is 4.79 Å². The summed E-state index contributed by atoms with van der Waals surface area (Å²) in [6.45, 7) is 1.02. The lowest BCUT2D eigenvalue weighted by molar-refractivity contribution is 0.0920. The van der Waals surface area contributed by atoms with E-state index in [0.717, 1.165) is 18.4 Å². The van der Waals surface area contributed by atoms with Crippen LogP contribution in [0.25, 0.3) is 11.0 Å². The van der Waals surface area contributed by atoms with Crippen LogP contribution in [0, 0.1) is 5.92 Å². The Labute approximate surface area is 110 Å². The number of piperidine rings is 1. The maximum absolute atomic E-state index is 12.2. The highest BCUT2D eigenvalue weighted by molar-refractivity contribution is 5.95. The van der Waals surface area contributed by atoms with Crippen molar-refractivity contribution >= 4 is 16.9 Å². The molecule has 1 aliphatic heterocycles. The van der Waals surface area contributed by atoms with Crippen LogP contribution in [0.4, 0.5) is 0 Å². The lowest BCUT2D eigenvalue weighted by atomic mass is 10.0. The molecular formula is C14H15N3O2. The number of aromatic nitrogens is 1. The van der Waals surface area contributed by atoms with Gasteiger partial charge in [0.1, 0.15) is 5.69 Å². The van der Waals surface area contributed by atoms with Crippen molar-refractivity contribution in [2.24, 2.45) is 5.92 Å². The molecule has 0 aromatic carbocycles. The Hall–Kier alpha value is -1.88. The van der Waals surface area contributed by atoms with Gasteiger partial charge in [0.05, 0.1) is 12.5 Å². The maximum Gasteiger partial charge on any atom is 0.270 e. The van der Waals surface area contributed by atoms with Crippen molar-refractivity contribution in [3.63, 3.8) is 0 Å². The summed E-state index contributed by atoms with van der Waals surface area (Å²) in [5.74, 6) is 0.493. The molecule has 0 radical (unpaired) electrons. The van der Waals surface area contributed by atoms with E-state index in [9.17, 15) is 4.79 Å². The lowest BCUT2D eigenvalue weighted by Crippen LogP contribution is -2.44. The van der Waals surface area contributed by atoms with E-state index in [4.69, 9.17) is 4.42 Å². The minimum Gasteiger partial charge on any atom is -0.463 e. The van der Waals surface area contributed by atoms with Crippen LogP contribution in [-0.2, 0) is 0 Å². The summed E-state index contributed by atoms with van der Waals surface area (Å²) in [6.07, 6.45) is 5.42. The largest absolute Gasteiger partial charge is 0.463 e. The minimum absolute atomic E-state index is 0.0827. The molecule has 5 heteroatoms. The number of hydrogen-bond acceptors (Lipinski definition) is 4. The van der Waals surface area contributed by atoms with E-state index >= 15 is 0 Å². The molecule has 3 heterocycles. The zero-order valence-corrected chi connectivity index (χ0v) is 10.4. The van der Waals surface area contributed by atoms with Crippen molar-refractivity contribution < 1.29 is 9.21 Å². The predicted octanol–water partition coefficient (Wildman–Crippen LogP) is 1.31. The van der Waals surface area contributed by atoms with Gasteiger partial charge < -0.3 is 15.1 Å². The molecule has 1 saturated heterocycles. The van der Waals surface area contributed by atoms with Crippen LogP contribution in [-0.4, -0.2) is 29.5 Å². The predicted molar refractivity (Wildman–Crippen MR) is 69.8 cm³/mol. The summed E-state index contributed by atoms with van der Waals surface area (Å²) in [5.41, 5.74) is 1.17. The van der Waals surface area contributed by atoms with Gasteiger partial charge in [0.2, 0.25) is 0 Å². The van der Waals surface area contributed by atoms with E-state index in [1.165, 1.54) is 6.42 Å². The van der Waals surface area contributed by atoms with Gasteiger partial charge >= 0.3 is 0 Å². The lowest BCUT2D eigenvalue weighted by Gasteiger charge is -2.23. The molecule has 2 aliphatic rings. The van der Waals surface area contributed by atoms with Gasteiger partial charge in [-0.2, -0.15) is 0 Å². The van der Waals surface area contributed by atoms with Crippen LogP contribution in [0.15, 0.2) is 29.0 Å². The number of pyridine rings is 1. The van der Waals surface area contributed by atoms with Crippen LogP contribution in [0.3, 0.4) is 0 Å². The monoisotopic (exact) mass is 257 g/mol. The van der Waals surface area contributed by atoms with Gasteiger partial charge in [-0.25, -0.2) is 4.98 Å². The average Bonchev–Trinajstić information content (AvgIpc) is 3.13. The SMILES string of the molecule is O=C(NC1CC2CC1CN2)c1cc2ccoc2cn1. The van der Waals surface area contributed by atoms with Crippen LogP contribution in [0.1, 0.15) is 23.3 Å². The van der Waals surface area contributed by atoms with E-state index in [-0.39, 0.29) is 5.91 Å². The number of carbonyl (C=O) groups is 1. The van der Waals surface area contributed by atoms with Crippen molar-refractivity contribution in [2.75, 3.05) is 6.54 Å². The molecule has 1 aliphatic carbocycles. The molecule has 2 aromatic rings. The van der Waals surface area contributed by atoms with Gasteiger partial charge in [0.15, 0.2) is 5.58 Å². The molecule has 3 atom stereocenters. The van der Waals surface area contributed by atoms with Gasteiger partial charge in [-0.15, -0.1) is 0 Å². The molecule has 4 rings (SSSR count). The third-order valence-corrected chi connectivity index (χ3v) is 4.25. The molecule has 2 aromatic heterocycles. The number of rotatable bonds is 2. The van der Waals surface area contributed by atoms with Crippen molar-refractivity contribution in [3.8, 4) is 0 Å². The summed E-state index contributed by atoms with van der Waals surface area (Å²) < 4.78 is 5.22. The van der Waals surface area contributed by atoms with Crippen LogP contribution < -0.4 is 10.6 Å². The fourth-order valence-electron chi connectivity index (χ4n) is 3.25. The second kappa shape index (κ2) is 4.06. The Morgan fingerprint density at radius 2 is 2.42 bits per heavy atom. The summed E-state index contributed by atoms with van der Waals surface area (Å²) in [5, 5.41) is 7.46. The third kappa shape index (κ3) is 1.81. The quantitative estimate of drug-likeness (QED) is 0.851. The van der Waals surface area contributed by atoms with Crippen molar-refractivity contribution in [1.29, 1.82) is 0 Å². The second-order valence-corrected chi connectivity index (χ2v) is 5.44. The van der Waals surface area contributed by atoms with E-state index in [2.05, 4.69) is 15.6 Å². The highest BCUT2D eigenvalue weighted by Crippen LogP contribution is 2.31. The van der Waals surface area contributed by atoms with Crippen LogP contribution in [0.2, 0.25) is 0 Å². The van der Waals surface area contributed by atoms with E-state index < -0.39 is 0 Å². The fraction of sp³-hybridized carbons (Fsp3) is 0.429. The van der Waals surface area contributed by atoms with E-state index in [1.54, 1.807) is 18.5 Å². The molecular weight excluding hydrogens is 242 g/mol. The molecule has 1 amide bonds. The highest BCUT2D eigenvalue weighted by atomic mass is 16.3. The number of amides is 1. The molecule has 1 saturated carbocycles. The van der Waals surface area contributed by atoms with Gasteiger partial charge in [0, 0.05) is 24.0 Å². The first-order valence-electron chi connectivity index (χ1n) is 6.67.